The Morgan fingerprint density at radius 3 is 2.55 bits per heavy atom. The monoisotopic (exact) mass is 522 g/mol. The average molecular weight is 523 g/mol. The minimum absolute atomic E-state index is 0.0217. The van der Waals surface area contributed by atoms with Crippen molar-refractivity contribution in [3.8, 4) is 0 Å². The highest BCUT2D eigenvalue weighted by atomic mass is 79.9. The Kier molecular flexibility index (Phi) is 5.23. The van der Waals surface area contributed by atoms with E-state index in [0.29, 0.717) is 5.69 Å². The smallest absolute Gasteiger partial charge is 0.418 e. The number of fused-ring (bicyclic) bond motifs is 1. The summed E-state index contributed by atoms with van der Waals surface area (Å²) in [4.78, 5) is 37.9. The van der Waals surface area contributed by atoms with Gasteiger partial charge in [0.05, 0.1) is 27.9 Å². The lowest BCUT2D eigenvalue weighted by Gasteiger charge is -2.27. The summed E-state index contributed by atoms with van der Waals surface area (Å²) in [6, 6.07) is 10.6. The molecule has 0 radical (unpaired) electrons. The number of amides is 2. The number of benzene rings is 2. The molecule has 33 heavy (non-hydrogen) atoms. The first-order valence-corrected chi connectivity index (χ1v) is 11.3. The van der Waals surface area contributed by atoms with Crippen LogP contribution in [0.25, 0.3) is 0 Å². The summed E-state index contributed by atoms with van der Waals surface area (Å²) >= 11 is 3.56. The van der Waals surface area contributed by atoms with Gasteiger partial charge >= 0.3 is 12.1 Å². The molecule has 10 heteroatoms. The number of carbonyl (C=O) groups is 3. The van der Waals surface area contributed by atoms with E-state index in [0.717, 1.165) is 12.5 Å². The van der Waals surface area contributed by atoms with Crippen molar-refractivity contribution in [2.45, 2.75) is 23.5 Å². The van der Waals surface area contributed by atoms with Crippen LogP contribution in [0, 0.1) is 23.7 Å². The lowest BCUT2D eigenvalue weighted by atomic mass is 9.79. The van der Waals surface area contributed by atoms with E-state index in [9.17, 15) is 27.6 Å². The quantitative estimate of drug-likeness (QED) is 0.458. The first kappa shape index (κ1) is 21.9. The molecule has 172 valence electrons. The fourth-order valence-corrected chi connectivity index (χ4v) is 6.37. The van der Waals surface area contributed by atoms with Crippen LogP contribution in [0.15, 0.2) is 48.5 Å². The van der Waals surface area contributed by atoms with Gasteiger partial charge in [-0.05, 0) is 42.7 Å². The van der Waals surface area contributed by atoms with Gasteiger partial charge in [-0.15, -0.1) is 0 Å². The molecule has 2 bridgehead atoms. The van der Waals surface area contributed by atoms with Gasteiger partial charge in [0, 0.05) is 17.2 Å². The molecule has 2 aromatic rings. The molecule has 1 heterocycles. The number of esters is 1. The van der Waals surface area contributed by atoms with Crippen molar-refractivity contribution < 1.29 is 32.3 Å². The number of hydrogen-bond donors (Lipinski definition) is 2. The molecular formula is C23H18BrF3N2O4. The predicted molar refractivity (Wildman–Crippen MR) is 116 cm³/mol. The molecule has 2 aliphatic carbocycles. The Hall–Kier alpha value is -2.88. The maximum Gasteiger partial charge on any atom is 0.418 e. The molecule has 5 rings (SSSR count). The number of halogens is 4. The number of hydrogen-bond acceptors (Lipinski definition) is 4. The van der Waals surface area contributed by atoms with E-state index in [1.54, 1.807) is 6.07 Å². The molecular weight excluding hydrogens is 505 g/mol. The topological polar surface area (TPSA) is 84.5 Å². The van der Waals surface area contributed by atoms with Crippen molar-refractivity contribution in [1.29, 1.82) is 0 Å². The molecule has 2 amide bonds. The Bertz CT molecular complexity index is 1150. The van der Waals surface area contributed by atoms with Gasteiger partial charge in [-0.1, -0.05) is 34.1 Å². The SMILES string of the molecule is O=C(Nc1ccccc1C(F)(F)F)c1cccc(NC(=O)[C@@H]2[C@H]3C[C@H]4[C@H](OC(=O)[C@@H]42)[C@@H]3Br)c1. The van der Waals surface area contributed by atoms with Crippen molar-refractivity contribution in [2.75, 3.05) is 10.6 Å². The Morgan fingerprint density at radius 2 is 1.79 bits per heavy atom. The standard InChI is InChI=1S/C23H18BrF3N2O4/c24-18-12-9-13-17(22(32)33-19(13)18)16(12)21(31)28-11-5-3-4-10(8-11)20(30)29-15-7-2-1-6-14(15)23(25,26)27/h1-8,12-13,16-19H,9H2,(H,28,31)(H,29,30)/t12-,13-,16-,17+,18-,19+/m1/s1. The number of para-hydroxylation sites is 1. The van der Waals surface area contributed by atoms with E-state index in [1.807, 2.05) is 0 Å². The van der Waals surface area contributed by atoms with E-state index in [2.05, 4.69) is 26.6 Å². The van der Waals surface area contributed by atoms with E-state index in [4.69, 9.17) is 4.74 Å². The fourth-order valence-electron chi connectivity index (χ4n) is 5.33. The van der Waals surface area contributed by atoms with Crippen LogP contribution < -0.4 is 10.6 Å². The first-order chi connectivity index (χ1) is 15.6. The zero-order valence-corrected chi connectivity index (χ0v) is 18.5. The third-order valence-corrected chi connectivity index (χ3v) is 7.90. The Labute approximate surface area is 195 Å². The Morgan fingerprint density at radius 1 is 1.03 bits per heavy atom. The van der Waals surface area contributed by atoms with E-state index in [-0.39, 0.29) is 45.9 Å². The van der Waals surface area contributed by atoms with Crippen LogP contribution in [0.3, 0.4) is 0 Å². The number of nitrogens with one attached hydrogen (secondary N) is 2. The third-order valence-electron chi connectivity index (χ3n) is 6.70. The second-order valence-electron chi connectivity index (χ2n) is 8.53. The second-order valence-corrected chi connectivity index (χ2v) is 9.59. The van der Waals surface area contributed by atoms with Crippen molar-refractivity contribution >= 4 is 45.1 Å². The van der Waals surface area contributed by atoms with Crippen LogP contribution in [0.2, 0.25) is 0 Å². The summed E-state index contributed by atoms with van der Waals surface area (Å²) in [6.07, 6.45) is -4.08. The molecule has 6 atom stereocenters. The van der Waals surface area contributed by atoms with Gasteiger partial charge in [0.1, 0.15) is 6.10 Å². The lowest BCUT2D eigenvalue weighted by molar-refractivity contribution is -0.145. The molecule has 2 N–H and O–H groups in total. The summed E-state index contributed by atoms with van der Waals surface area (Å²) in [5.74, 6) is -2.46. The van der Waals surface area contributed by atoms with Gasteiger partial charge in [-0.3, -0.25) is 14.4 Å². The number of anilines is 2. The molecule has 1 saturated heterocycles. The highest BCUT2D eigenvalue weighted by molar-refractivity contribution is 9.09. The summed E-state index contributed by atoms with van der Waals surface area (Å²) in [6.45, 7) is 0. The molecule has 3 fully saturated rings. The van der Waals surface area contributed by atoms with Gasteiger partial charge in [0.2, 0.25) is 5.91 Å². The maximum atomic E-state index is 13.2. The van der Waals surface area contributed by atoms with E-state index in [1.165, 1.54) is 36.4 Å². The first-order valence-electron chi connectivity index (χ1n) is 10.4. The van der Waals surface area contributed by atoms with Crippen LogP contribution in [0.5, 0.6) is 0 Å². The van der Waals surface area contributed by atoms with Crippen molar-refractivity contribution in [1.82, 2.24) is 0 Å². The molecule has 2 saturated carbocycles. The maximum absolute atomic E-state index is 13.2. The molecule has 2 aromatic carbocycles. The molecule has 6 nitrogen and oxygen atoms in total. The number of rotatable bonds is 4. The number of carbonyl (C=O) groups excluding carboxylic acids is 3. The van der Waals surface area contributed by atoms with Crippen LogP contribution in [-0.4, -0.2) is 28.7 Å². The van der Waals surface area contributed by atoms with Crippen molar-refractivity contribution in [3.05, 3.63) is 59.7 Å². The summed E-state index contributed by atoms with van der Waals surface area (Å²) < 4.78 is 45.0. The van der Waals surface area contributed by atoms with E-state index >= 15 is 0 Å². The van der Waals surface area contributed by atoms with Crippen LogP contribution >= 0.6 is 15.9 Å². The van der Waals surface area contributed by atoms with Gasteiger partial charge < -0.3 is 15.4 Å². The molecule has 0 unspecified atom stereocenters. The molecule has 1 aliphatic heterocycles. The van der Waals surface area contributed by atoms with Crippen LogP contribution in [-0.2, 0) is 20.5 Å². The highest BCUT2D eigenvalue weighted by Crippen LogP contribution is 2.60. The normalized spacial score (nSPS) is 29.6. The van der Waals surface area contributed by atoms with Gasteiger partial charge in [0.15, 0.2) is 0 Å². The van der Waals surface area contributed by atoms with Crippen molar-refractivity contribution in [3.63, 3.8) is 0 Å². The van der Waals surface area contributed by atoms with Gasteiger partial charge in [0.25, 0.3) is 5.91 Å². The summed E-state index contributed by atoms with van der Waals surface area (Å²) in [7, 11) is 0. The predicted octanol–water partition coefficient (Wildman–Crippen LogP) is 4.47. The van der Waals surface area contributed by atoms with E-state index < -0.39 is 29.5 Å². The lowest BCUT2D eigenvalue weighted by Crippen LogP contribution is -2.40. The highest BCUT2D eigenvalue weighted by Gasteiger charge is 2.67. The number of alkyl halides is 4. The largest absolute Gasteiger partial charge is 0.461 e. The third kappa shape index (κ3) is 3.70. The molecule has 3 aliphatic rings. The summed E-state index contributed by atoms with van der Waals surface area (Å²) in [5.41, 5.74) is -0.917. The molecule has 0 aromatic heterocycles. The van der Waals surface area contributed by atoms with Crippen LogP contribution in [0.1, 0.15) is 22.3 Å². The van der Waals surface area contributed by atoms with Crippen LogP contribution in [0.4, 0.5) is 24.5 Å². The molecule has 0 spiro atoms. The van der Waals surface area contributed by atoms with Gasteiger partial charge in [-0.2, -0.15) is 13.2 Å². The fraction of sp³-hybridized carbons (Fsp3) is 0.348. The minimum Gasteiger partial charge on any atom is -0.461 e. The zero-order valence-electron chi connectivity index (χ0n) is 16.9. The second kappa shape index (κ2) is 7.86. The zero-order chi connectivity index (χ0) is 23.5. The minimum atomic E-state index is -4.62. The average Bonchev–Trinajstić information content (AvgIpc) is 3.38. The summed E-state index contributed by atoms with van der Waals surface area (Å²) in [5, 5.41) is 5.05. The van der Waals surface area contributed by atoms with Crippen molar-refractivity contribution in [2.24, 2.45) is 23.7 Å². The Balaban J connectivity index is 1.32. The number of ether oxygens (including phenoxy) is 1. The van der Waals surface area contributed by atoms with Gasteiger partial charge in [-0.25, -0.2) is 0 Å².